The summed E-state index contributed by atoms with van der Waals surface area (Å²) >= 11 is 0. The first-order valence-corrected chi connectivity index (χ1v) is 11.8. The van der Waals surface area contributed by atoms with E-state index in [0.29, 0.717) is 28.4 Å². The van der Waals surface area contributed by atoms with E-state index in [1.807, 2.05) is 78.9 Å². The van der Waals surface area contributed by atoms with Crippen molar-refractivity contribution >= 4 is 28.5 Å². The number of hydrogen-bond donors (Lipinski definition) is 3. The van der Waals surface area contributed by atoms with Crippen molar-refractivity contribution in [1.82, 2.24) is 9.97 Å². The largest absolute Gasteiger partial charge is 0.437 e. The number of rotatable bonds is 7. The third-order valence-corrected chi connectivity index (χ3v) is 5.87. The monoisotopic (exact) mass is 488 g/mol. The molecular weight excluding hydrogens is 464 g/mol. The van der Waals surface area contributed by atoms with Gasteiger partial charge in [0.1, 0.15) is 17.9 Å². The molecule has 7 nitrogen and oxygen atoms in total. The van der Waals surface area contributed by atoms with Crippen LogP contribution in [0.3, 0.4) is 0 Å². The molecule has 0 fully saturated rings. The molecule has 5 aromatic rings. The van der Waals surface area contributed by atoms with Crippen LogP contribution in [0.4, 0.5) is 11.5 Å². The molecule has 1 unspecified atom stereocenters. The maximum atomic E-state index is 12.1. The molecule has 0 radical (unpaired) electrons. The van der Waals surface area contributed by atoms with E-state index in [2.05, 4.69) is 32.4 Å². The highest BCUT2D eigenvalue weighted by molar-refractivity contribution is 6.07. The maximum absolute atomic E-state index is 12.1. The molecule has 0 saturated carbocycles. The number of nitrogens with zero attached hydrogens (tertiary/aromatic N) is 2. The lowest BCUT2D eigenvalue weighted by Crippen LogP contribution is -2.15. The van der Waals surface area contributed by atoms with Gasteiger partial charge in [0.25, 0.3) is 5.91 Å². The standard InChI is InChI=1S/C30H24N4O3/c1-2-10-25(36)33-23-16-9-15-22(17-23)26-27-29(34-24(18-35)20-11-5-3-6-12-20)31-19-32-30(27)37-28(26)21-13-7-4-8-14-21/h3-9,11-17,19,24,35H,18H2,1H3,(H,33,36)(H,31,32,34). The Balaban J connectivity index is 1.69. The van der Waals surface area contributed by atoms with Gasteiger partial charge < -0.3 is 20.2 Å². The van der Waals surface area contributed by atoms with Crippen LogP contribution in [0.25, 0.3) is 33.6 Å². The van der Waals surface area contributed by atoms with Gasteiger partial charge >= 0.3 is 0 Å². The van der Waals surface area contributed by atoms with Crippen LogP contribution in [-0.4, -0.2) is 27.6 Å². The fourth-order valence-corrected chi connectivity index (χ4v) is 4.22. The highest BCUT2D eigenvalue weighted by Gasteiger charge is 2.24. The molecular formula is C30H24N4O3. The van der Waals surface area contributed by atoms with Crippen LogP contribution in [0.5, 0.6) is 0 Å². The highest BCUT2D eigenvalue weighted by Crippen LogP contribution is 2.43. The quantitative estimate of drug-likeness (QED) is 0.256. The zero-order chi connectivity index (χ0) is 25.6. The molecule has 0 bridgehead atoms. The number of carbonyl (C=O) groups is 1. The lowest BCUT2D eigenvalue weighted by molar-refractivity contribution is -0.111. The molecule has 0 aliphatic rings. The van der Waals surface area contributed by atoms with Gasteiger partial charge in [0.05, 0.1) is 18.0 Å². The summed E-state index contributed by atoms with van der Waals surface area (Å²) in [5.41, 5.74) is 4.37. The van der Waals surface area contributed by atoms with E-state index in [1.165, 1.54) is 6.33 Å². The molecule has 3 N–H and O–H groups in total. The summed E-state index contributed by atoms with van der Waals surface area (Å²) in [5, 5.41) is 17.0. The van der Waals surface area contributed by atoms with Gasteiger partial charge in [-0.2, -0.15) is 0 Å². The smallest absolute Gasteiger partial charge is 0.300 e. The summed E-state index contributed by atoms with van der Waals surface area (Å²) in [6.07, 6.45) is 1.44. The van der Waals surface area contributed by atoms with E-state index in [0.717, 1.165) is 22.3 Å². The van der Waals surface area contributed by atoms with Gasteiger partial charge in [0.2, 0.25) is 5.71 Å². The molecule has 0 aliphatic heterocycles. The van der Waals surface area contributed by atoms with Gasteiger partial charge in [0, 0.05) is 16.8 Å². The van der Waals surface area contributed by atoms with Gasteiger partial charge in [-0.3, -0.25) is 4.79 Å². The summed E-state index contributed by atoms with van der Waals surface area (Å²) in [7, 11) is 0. The number of anilines is 2. The van der Waals surface area contributed by atoms with E-state index in [4.69, 9.17) is 4.42 Å². The third-order valence-electron chi connectivity index (χ3n) is 5.87. The second-order valence-electron chi connectivity index (χ2n) is 8.27. The Hall–Kier alpha value is -4.93. The van der Waals surface area contributed by atoms with Crippen molar-refractivity contribution in [3.8, 4) is 34.3 Å². The van der Waals surface area contributed by atoms with Crippen LogP contribution in [-0.2, 0) is 4.79 Å². The molecule has 0 aliphatic carbocycles. The highest BCUT2D eigenvalue weighted by atomic mass is 16.3. The Morgan fingerprint density at radius 2 is 1.70 bits per heavy atom. The zero-order valence-electron chi connectivity index (χ0n) is 20.1. The lowest BCUT2D eigenvalue weighted by Gasteiger charge is -2.18. The fourth-order valence-electron chi connectivity index (χ4n) is 4.22. The van der Waals surface area contributed by atoms with Crippen LogP contribution in [0, 0.1) is 11.8 Å². The number of fused-ring (bicyclic) bond motifs is 1. The molecule has 1 atom stereocenters. The topological polar surface area (TPSA) is 100 Å². The van der Waals surface area contributed by atoms with Crippen LogP contribution in [0.2, 0.25) is 0 Å². The first-order valence-electron chi connectivity index (χ1n) is 11.8. The Morgan fingerprint density at radius 1 is 0.973 bits per heavy atom. The van der Waals surface area contributed by atoms with Crippen molar-refractivity contribution in [1.29, 1.82) is 0 Å². The van der Waals surface area contributed by atoms with Gasteiger partial charge in [-0.1, -0.05) is 78.7 Å². The fraction of sp³-hybridized carbons (Fsp3) is 0.100. The average Bonchev–Trinajstić information content (AvgIpc) is 3.33. The predicted octanol–water partition coefficient (Wildman–Crippen LogP) is 5.66. The number of aliphatic hydroxyl groups is 1. The maximum Gasteiger partial charge on any atom is 0.300 e. The number of amides is 1. The Bertz CT molecular complexity index is 1600. The minimum atomic E-state index is -0.390. The molecule has 3 aromatic carbocycles. The minimum Gasteiger partial charge on any atom is -0.437 e. The van der Waals surface area contributed by atoms with Crippen LogP contribution < -0.4 is 10.6 Å². The molecule has 37 heavy (non-hydrogen) atoms. The third kappa shape index (κ3) is 5.06. The second-order valence-corrected chi connectivity index (χ2v) is 8.27. The summed E-state index contributed by atoms with van der Waals surface area (Å²) in [4.78, 5) is 21.0. The van der Waals surface area contributed by atoms with Gasteiger partial charge in [-0.25, -0.2) is 9.97 Å². The zero-order valence-corrected chi connectivity index (χ0v) is 20.1. The van der Waals surface area contributed by atoms with Gasteiger partial charge in [-0.05, 0) is 36.1 Å². The second kappa shape index (κ2) is 10.8. The normalized spacial score (nSPS) is 11.4. The van der Waals surface area contributed by atoms with Crippen molar-refractivity contribution in [3.05, 3.63) is 96.8 Å². The minimum absolute atomic E-state index is 0.131. The molecule has 0 spiro atoms. The number of nitrogens with one attached hydrogen (secondary N) is 2. The number of aliphatic hydroxyl groups excluding tert-OH is 1. The number of carbonyl (C=O) groups excluding carboxylic acids is 1. The lowest BCUT2D eigenvalue weighted by atomic mass is 9.98. The molecule has 2 aromatic heterocycles. The SMILES string of the molecule is CC#CC(=O)Nc1cccc(-c2c(-c3ccccc3)oc3ncnc(NC(CO)c4ccccc4)c23)c1. The summed E-state index contributed by atoms with van der Waals surface area (Å²) < 4.78 is 6.30. The van der Waals surface area contributed by atoms with E-state index in [9.17, 15) is 9.90 Å². The van der Waals surface area contributed by atoms with Crippen LogP contribution in [0.1, 0.15) is 18.5 Å². The van der Waals surface area contributed by atoms with E-state index in [-0.39, 0.29) is 18.6 Å². The van der Waals surface area contributed by atoms with Crippen molar-refractivity contribution in [2.75, 3.05) is 17.2 Å². The Labute approximate surface area is 214 Å². The van der Waals surface area contributed by atoms with E-state index >= 15 is 0 Å². The molecule has 2 heterocycles. The number of furan rings is 1. The van der Waals surface area contributed by atoms with Crippen molar-refractivity contribution in [2.24, 2.45) is 0 Å². The first kappa shape index (κ1) is 23.8. The number of hydrogen-bond acceptors (Lipinski definition) is 6. The summed E-state index contributed by atoms with van der Waals surface area (Å²) in [5.74, 6) is 5.86. The van der Waals surface area contributed by atoms with Crippen molar-refractivity contribution < 1.29 is 14.3 Å². The Kier molecular flexibility index (Phi) is 6.93. The predicted molar refractivity (Wildman–Crippen MR) is 145 cm³/mol. The summed E-state index contributed by atoms with van der Waals surface area (Å²) in [6, 6.07) is 26.5. The summed E-state index contributed by atoms with van der Waals surface area (Å²) in [6.45, 7) is 1.48. The first-order chi connectivity index (χ1) is 18.2. The van der Waals surface area contributed by atoms with Crippen molar-refractivity contribution in [3.63, 3.8) is 0 Å². The number of benzene rings is 3. The van der Waals surface area contributed by atoms with Crippen LogP contribution in [0.15, 0.2) is 95.7 Å². The molecule has 1 amide bonds. The molecule has 182 valence electrons. The molecule has 0 saturated heterocycles. The van der Waals surface area contributed by atoms with Crippen molar-refractivity contribution in [2.45, 2.75) is 13.0 Å². The Morgan fingerprint density at radius 3 is 2.43 bits per heavy atom. The molecule has 7 heteroatoms. The van der Waals surface area contributed by atoms with E-state index in [1.54, 1.807) is 13.0 Å². The number of aromatic nitrogens is 2. The van der Waals surface area contributed by atoms with Gasteiger partial charge in [0.15, 0.2) is 0 Å². The van der Waals surface area contributed by atoms with Gasteiger partial charge in [-0.15, -0.1) is 0 Å². The van der Waals surface area contributed by atoms with E-state index < -0.39 is 0 Å². The molecule has 5 rings (SSSR count). The average molecular weight is 489 g/mol. The van der Waals surface area contributed by atoms with Crippen LogP contribution >= 0.6 is 0 Å².